The van der Waals surface area contributed by atoms with E-state index in [-0.39, 0.29) is 6.04 Å². The zero-order chi connectivity index (χ0) is 11.5. The molecular formula is C10H16N6. The summed E-state index contributed by atoms with van der Waals surface area (Å²) in [6.07, 6.45) is 4.26. The van der Waals surface area contributed by atoms with E-state index in [1.54, 1.807) is 10.9 Å². The number of fused-ring (bicyclic) bond motifs is 1. The van der Waals surface area contributed by atoms with Gasteiger partial charge in [-0.2, -0.15) is 5.10 Å². The monoisotopic (exact) mass is 220 g/mol. The standard InChI is InChI=1S/C10H16N6/c1-3-7(4-11)15-9-8-5-14-16(2)10(8)13-6-12-9/h5-7H,3-4,11H2,1-2H3,(H,12,13,15). The van der Waals surface area contributed by atoms with Gasteiger partial charge in [-0.05, 0) is 6.42 Å². The van der Waals surface area contributed by atoms with E-state index in [1.807, 2.05) is 7.05 Å². The third-order valence-electron chi connectivity index (χ3n) is 2.65. The normalized spacial score (nSPS) is 12.9. The summed E-state index contributed by atoms with van der Waals surface area (Å²) in [5.74, 6) is 0.801. The number of nitrogens with two attached hydrogens (primary N) is 1. The minimum atomic E-state index is 0.235. The number of aromatic nitrogens is 4. The molecule has 0 saturated carbocycles. The number of nitrogens with zero attached hydrogens (tertiary/aromatic N) is 4. The molecule has 0 bridgehead atoms. The highest BCUT2D eigenvalue weighted by molar-refractivity contribution is 5.86. The van der Waals surface area contributed by atoms with Gasteiger partial charge in [0.25, 0.3) is 0 Å². The van der Waals surface area contributed by atoms with Crippen LogP contribution in [-0.2, 0) is 7.05 Å². The van der Waals surface area contributed by atoms with Gasteiger partial charge < -0.3 is 11.1 Å². The Hall–Kier alpha value is -1.69. The second-order valence-electron chi connectivity index (χ2n) is 3.71. The lowest BCUT2D eigenvalue weighted by Gasteiger charge is -2.15. The van der Waals surface area contributed by atoms with E-state index in [0.29, 0.717) is 6.54 Å². The van der Waals surface area contributed by atoms with Crippen LogP contribution in [0, 0.1) is 0 Å². The average molecular weight is 220 g/mol. The van der Waals surface area contributed by atoms with Gasteiger partial charge in [-0.3, -0.25) is 4.68 Å². The first-order valence-corrected chi connectivity index (χ1v) is 5.35. The number of hydrogen-bond donors (Lipinski definition) is 2. The number of nitrogens with one attached hydrogen (secondary N) is 1. The lowest BCUT2D eigenvalue weighted by Crippen LogP contribution is -2.28. The third-order valence-corrected chi connectivity index (χ3v) is 2.65. The number of rotatable bonds is 4. The fourth-order valence-electron chi connectivity index (χ4n) is 1.60. The van der Waals surface area contributed by atoms with Crippen LogP contribution in [-0.4, -0.2) is 32.3 Å². The molecule has 86 valence electrons. The van der Waals surface area contributed by atoms with Crippen molar-refractivity contribution in [2.24, 2.45) is 12.8 Å². The van der Waals surface area contributed by atoms with Crippen molar-refractivity contribution in [3.8, 4) is 0 Å². The summed E-state index contributed by atoms with van der Waals surface area (Å²) in [5.41, 5.74) is 6.48. The average Bonchev–Trinajstić information content (AvgIpc) is 2.69. The molecule has 2 aromatic rings. The van der Waals surface area contributed by atoms with Crippen molar-refractivity contribution in [2.45, 2.75) is 19.4 Å². The zero-order valence-electron chi connectivity index (χ0n) is 9.51. The van der Waals surface area contributed by atoms with E-state index in [4.69, 9.17) is 5.73 Å². The molecule has 2 rings (SSSR count). The Kier molecular flexibility index (Phi) is 3.00. The van der Waals surface area contributed by atoms with E-state index >= 15 is 0 Å². The Labute approximate surface area is 93.9 Å². The maximum Gasteiger partial charge on any atom is 0.163 e. The molecule has 2 aromatic heterocycles. The highest BCUT2D eigenvalue weighted by Gasteiger charge is 2.10. The molecule has 0 aromatic carbocycles. The van der Waals surface area contributed by atoms with Crippen LogP contribution in [0.2, 0.25) is 0 Å². The Morgan fingerprint density at radius 2 is 2.31 bits per heavy atom. The first kappa shape index (κ1) is 10.8. The van der Waals surface area contributed by atoms with Crippen LogP contribution >= 0.6 is 0 Å². The van der Waals surface area contributed by atoms with E-state index in [2.05, 4.69) is 27.3 Å². The maximum atomic E-state index is 5.65. The third kappa shape index (κ3) is 1.83. The van der Waals surface area contributed by atoms with Gasteiger partial charge in [0.05, 0.1) is 11.6 Å². The summed E-state index contributed by atoms with van der Waals surface area (Å²) in [5, 5.41) is 8.39. The Morgan fingerprint density at radius 3 is 3.00 bits per heavy atom. The van der Waals surface area contributed by atoms with Gasteiger partial charge in [0, 0.05) is 19.6 Å². The lowest BCUT2D eigenvalue weighted by molar-refractivity contribution is 0.701. The van der Waals surface area contributed by atoms with Crippen molar-refractivity contribution >= 4 is 16.9 Å². The molecule has 1 atom stereocenters. The number of anilines is 1. The largest absolute Gasteiger partial charge is 0.365 e. The summed E-state index contributed by atoms with van der Waals surface area (Å²) in [4.78, 5) is 8.40. The van der Waals surface area contributed by atoms with E-state index in [0.717, 1.165) is 23.3 Å². The van der Waals surface area contributed by atoms with Gasteiger partial charge in [0.15, 0.2) is 5.65 Å². The van der Waals surface area contributed by atoms with Gasteiger partial charge in [-0.1, -0.05) is 6.92 Å². The lowest BCUT2D eigenvalue weighted by atomic mass is 10.2. The van der Waals surface area contributed by atoms with Crippen molar-refractivity contribution in [3.63, 3.8) is 0 Å². The van der Waals surface area contributed by atoms with Crippen LogP contribution in [0.15, 0.2) is 12.5 Å². The van der Waals surface area contributed by atoms with Crippen LogP contribution < -0.4 is 11.1 Å². The highest BCUT2D eigenvalue weighted by atomic mass is 15.3. The van der Waals surface area contributed by atoms with Gasteiger partial charge in [-0.25, -0.2) is 9.97 Å². The summed E-state index contributed by atoms with van der Waals surface area (Å²) in [6.45, 7) is 2.68. The Bertz CT molecular complexity index is 473. The van der Waals surface area contributed by atoms with Crippen LogP contribution in [0.5, 0.6) is 0 Å². The molecule has 0 aliphatic heterocycles. The first-order valence-electron chi connectivity index (χ1n) is 5.35. The molecule has 0 aliphatic rings. The van der Waals surface area contributed by atoms with Gasteiger partial charge in [0.2, 0.25) is 0 Å². The zero-order valence-corrected chi connectivity index (χ0v) is 9.51. The second-order valence-corrected chi connectivity index (χ2v) is 3.71. The molecule has 0 radical (unpaired) electrons. The molecule has 0 aliphatic carbocycles. The molecule has 3 N–H and O–H groups in total. The summed E-state index contributed by atoms with van der Waals surface area (Å²) in [6, 6.07) is 0.235. The molecule has 0 amide bonds. The molecule has 6 nitrogen and oxygen atoms in total. The van der Waals surface area contributed by atoms with Crippen molar-refractivity contribution in [1.29, 1.82) is 0 Å². The molecule has 2 heterocycles. The summed E-state index contributed by atoms with van der Waals surface area (Å²) < 4.78 is 1.73. The molecule has 0 spiro atoms. The predicted molar refractivity (Wildman–Crippen MR) is 63.1 cm³/mol. The molecule has 0 fully saturated rings. The van der Waals surface area contributed by atoms with Gasteiger partial charge in [-0.15, -0.1) is 0 Å². The highest BCUT2D eigenvalue weighted by Crippen LogP contribution is 2.18. The van der Waals surface area contributed by atoms with Crippen molar-refractivity contribution in [2.75, 3.05) is 11.9 Å². The predicted octanol–water partition coefficient (Wildman–Crippen LogP) is 0.512. The second kappa shape index (κ2) is 4.44. The van der Waals surface area contributed by atoms with Crippen molar-refractivity contribution in [1.82, 2.24) is 19.7 Å². The fraction of sp³-hybridized carbons (Fsp3) is 0.500. The van der Waals surface area contributed by atoms with Crippen LogP contribution in [0.25, 0.3) is 11.0 Å². The van der Waals surface area contributed by atoms with E-state index in [9.17, 15) is 0 Å². The van der Waals surface area contributed by atoms with Crippen molar-refractivity contribution < 1.29 is 0 Å². The summed E-state index contributed by atoms with van der Waals surface area (Å²) in [7, 11) is 1.86. The molecule has 1 unspecified atom stereocenters. The van der Waals surface area contributed by atoms with Crippen LogP contribution in [0.4, 0.5) is 5.82 Å². The minimum absolute atomic E-state index is 0.235. The van der Waals surface area contributed by atoms with E-state index < -0.39 is 0 Å². The maximum absolute atomic E-state index is 5.65. The van der Waals surface area contributed by atoms with E-state index in [1.165, 1.54) is 6.33 Å². The fourth-order valence-corrected chi connectivity index (χ4v) is 1.60. The molecule has 6 heteroatoms. The van der Waals surface area contributed by atoms with Crippen LogP contribution in [0.1, 0.15) is 13.3 Å². The quantitative estimate of drug-likeness (QED) is 0.784. The smallest absolute Gasteiger partial charge is 0.163 e. The molecular weight excluding hydrogens is 204 g/mol. The number of aryl methyl sites for hydroxylation is 1. The van der Waals surface area contributed by atoms with Crippen molar-refractivity contribution in [3.05, 3.63) is 12.5 Å². The Balaban J connectivity index is 2.37. The molecule has 16 heavy (non-hydrogen) atoms. The Morgan fingerprint density at radius 1 is 1.50 bits per heavy atom. The SMILES string of the molecule is CCC(CN)Nc1ncnc2c1cnn2C. The van der Waals surface area contributed by atoms with Gasteiger partial charge in [0.1, 0.15) is 12.1 Å². The summed E-state index contributed by atoms with van der Waals surface area (Å²) >= 11 is 0. The number of hydrogen-bond acceptors (Lipinski definition) is 5. The first-order chi connectivity index (χ1) is 7.76. The van der Waals surface area contributed by atoms with Crippen LogP contribution in [0.3, 0.4) is 0 Å². The van der Waals surface area contributed by atoms with Gasteiger partial charge >= 0.3 is 0 Å². The topological polar surface area (TPSA) is 81.7 Å². The molecule has 0 saturated heterocycles. The minimum Gasteiger partial charge on any atom is -0.365 e.